The Morgan fingerprint density at radius 2 is 2.00 bits per heavy atom. The van der Waals surface area contributed by atoms with Crippen LogP contribution in [-0.2, 0) is 0 Å². The van der Waals surface area contributed by atoms with Crippen molar-refractivity contribution in [1.82, 2.24) is 0 Å². The van der Waals surface area contributed by atoms with E-state index in [1.165, 1.54) is 6.07 Å². The fourth-order valence-corrected chi connectivity index (χ4v) is 1.75. The zero-order valence-electron chi connectivity index (χ0n) is 10.7. The maximum Gasteiger partial charge on any atom is 0.310 e. The Morgan fingerprint density at radius 1 is 1.25 bits per heavy atom. The van der Waals surface area contributed by atoms with Crippen molar-refractivity contribution in [1.29, 1.82) is 0 Å². The largest absolute Gasteiger partial charge is 0.502 e. The molecule has 0 fully saturated rings. The third-order valence-corrected chi connectivity index (χ3v) is 2.71. The SMILES string of the molecule is Cc1cccc(NC(=O)c2ccc([N+](=O)[O-])c(O)c2)c1. The van der Waals surface area contributed by atoms with Gasteiger partial charge in [0.05, 0.1) is 4.92 Å². The summed E-state index contributed by atoms with van der Waals surface area (Å²) in [7, 11) is 0. The minimum Gasteiger partial charge on any atom is -0.502 e. The summed E-state index contributed by atoms with van der Waals surface area (Å²) in [5.41, 5.74) is 1.33. The molecule has 6 nitrogen and oxygen atoms in total. The predicted octanol–water partition coefficient (Wildman–Crippen LogP) is 2.86. The van der Waals surface area contributed by atoms with Crippen LogP contribution in [0, 0.1) is 17.0 Å². The molecule has 2 aromatic rings. The van der Waals surface area contributed by atoms with E-state index in [4.69, 9.17) is 0 Å². The second kappa shape index (κ2) is 5.40. The number of rotatable bonds is 3. The number of carbonyl (C=O) groups excluding carboxylic acids is 1. The van der Waals surface area contributed by atoms with E-state index in [-0.39, 0.29) is 5.56 Å². The summed E-state index contributed by atoms with van der Waals surface area (Å²) < 4.78 is 0. The standard InChI is InChI=1S/C14H12N2O4/c1-9-3-2-4-11(7-9)15-14(18)10-5-6-12(16(19)20)13(17)8-10/h2-8,17H,1H3,(H,15,18). The summed E-state index contributed by atoms with van der Waals surface area (Å²) in [5.74, 6) is -0.979. The number of nitro groups is 1. The van der Waals surface area contributed by atoms with E-state index in [0.29, 0.717) is 5.69 Å². The van der Waals surface area contributed by atoms with Gasteiger partial charge in [-0.1, -0.05) is 12.1 Å². The molecule has 0 atom stereocenters. The van der Waals surface area contributed by atoms with Crippen molar-refractivity contribution in [2.75, 3.05) is 5.32 Å². The van der Waals surface area contributed by atoms with Gasteiger partial charge in [-0.15, -0.1) is 0 Å². The number of anilines is 1. The number of hydrogen-bond donors (Lipinski definition) is 2. The van der Waals surface area contributed by atoms with Crippen LogP contribution in [0.15, 0.2) is 42.5 Å². The van der Waals surface area contributed by atoms with E-state index in [9.17, 15) is 20.0 Å². The maximum absolute atomic E-state index is 12.0. The Hall–Kier alpha value is -2.89. The number of benzene rings is 2. The molecule has 0 unspecified atom stereocenters. The number of nitrogens with zero attached hydrogens (tertiary/aromatic N) is 1. The van der Waals surface area contributed by atoms with E-state index in [1.807, 2.05) is 13.0 Å². The summed E-state index contributed by atoms with van der Waals surface area (Å²) in [6.07, 6.45) is 0. The molecule has 0 aliphatic rings. The van der Waals surface area contributed by atoms with Crippen LogP contribution in [0.1, 0.15) is 15.9 Å². The van der Waals surface area contributed by atoms with Gasteiger partial charge < -0.3 is 10.4 Å². The molecule has 0 spiro atoms. The van der Waals surface area contributed by atoms with Gasteiger partial charge in [0.15, 0.2) is 5.75 Å². The molecule has 0 aliphatic carbocycles. The molecule has 0 aliphatic heterocycles. The van der Waals surface area contributed by atoms with E-state index >= 15 is 0 Å². The topological polar surface area (TPSA) is 92.5 Å². The molecule has 102 valence electrons. The number of hydrogen-bond acceptors (Lipinski definition) is 4. The van der Waals surface area contributed by atoms with Crippen LogP contribution in [0.4, 0.5) is 11.4 Å². The molecule has 2 rings (SSSR count). The van der Waals surface area contributed by atoms with Gasteiger partial charge in [-0.25, -0.2) is 0 Å². The lowest BCUT2D eigenvalue weighted by molar-refractivity contribution is -0.385. The van der Waals surface area contributed by atoms with Crippen LogP contribution in [-0.4, -0.2) is 15.9 Å². The van der Waals surface area contributed by atoms with Crippen LogP contribution in [0.25, 0.3) is 0 Å². The predicted molar refractivity (Wildman–Crippen MR) is 73.9 cm³/mol. The summed E-state index contributed by atoms with van der Waals surface area (Å²) in [4.78, 5) is 21.8. The number of aryl methyl sites for hydroxylation is 1. The van der Waals surface area contributed by atoms with Crippen LogP contribution in [0.2, 0.25) is 0 Å². The van der Waals surface area contributed by atoms with Crippen LogP contribution in [0.5, 0.6) is 5.75 Å². The van der Waals surface area contributed by atoms with E-state index < -0.39 is 22.3 Å². The average Bonchev–Trinajstić information content (AvgIpc) is 2.38. The number of carbonyl (C=O) groups is 1. The average molecular weight is 272 g/mol. The number of amides is 1. The molecule has 0 radical (unpaired) electrons. The van der Waals surface area contributed by atoms with Crippen molar-refractivity contribution in [3.05, 3.63) is 63.7 Å². The lowest BCUT2D eigenvalue weighted by atomic mass is 10.1. The highest BCUT2D eigenvalue weighted by molar-refractivity contribution is 6.04. The smallest absolute Gasteiger partial charge is 0.310 e. The zero-order valence-corrected chi connectivity index (χ0v) is 10.7. The van der Waals surface area contributed by atoms with Gasteiger partial charge in [-0.05, 0) is 36.8 Å². The summed E-state index contributed by atoms with van der Waals surface area (Å²) in [6.45, 7) is 1.90. The van der Waals surface area contributed by atoms with E-state index in [1.54, 1.807) is 18.2 Å². The molecule has 6 heteroatoms. The van der Waals surface area contributed by atoms with Gasteiger partial charge in [-0.3, -0.25) is 14.9 Å². The Bertz CT molecular complexity index is 683. The monoisotopic (exact) mass is 272 g/mol. The zero-order chi connectivity index (χ0) is 14.7. The van der Waals surface area contributed by atoms with Crippen LogP contribution < -0.4 is 5.32 Å². The van der Waals surface area contributed by atoms with Gasteiger partial charge in [0.1, 0.15) is 0 Å². The number of aromatic hydroxyl groups is 1. The first-order chi connectivity index (χ1) is 9.47. The minimum atomic E-state index is -0.711. The molecule has 0 bridgehead atoms. The van der Waals surface area contributed by atoms with Crippen molar-refractivity contribution >= 4 is 17.3 Å². The van der Waals surface area contributed by atoms with Crippen LogP contribution >= 0.6 is 0 Å². The Balaban J connectivity index is 2.22. The molecule has 1 amide bonds. The number of nitrogens with one attached hydrogen (secondary N) is 1. The van der Waals surface area contributed by atoms with Gasteiger partial charge >= 0.3 is 5.69 Å². The van der Waals surface area contributed by atoms with Gasteiger partial charge in [0.25, 0.3) is 5.91 Å². The number of phenolic OH excluding ortho intramolecular Hbond substituents is 1. The molecular formula is C14H12N2O4. The maximum atomic E-state index is 12.0. The highest BCUT2D eigenvalue weighted by Crippen LogP contribution is 2.26. The third kappa shape index (κ3) is 2.92. The Labute approximate surface area is 114 Å². The molecule has 2 aromatic carbocycles. The second-order valence-corrected chi connectivity index (χ2v) is 4.28. The lowest BCUT2D eigenvalue weighted by Gasteiger charge is -2.06. The molecule has 20 heavy (non-hydrogen) atoms. The van der Waals surface area contributed by atoms with Crippen LogP contribution in [0.3, 0.4) is 0 Å². The molecule has 0 saturated heterocycles. The molecular weight excluding hydrogens is 260 g/mol. The summed E-state index contributed by atoms with van der Waals surface area (Å²) in [5, 5.41) is 22.7. The fourth-order valence-electron chi connectivity index (χ4n) is 1.75. The first-order valence-corrected chi connectivity index (χ1v) is 5.83. The Kier molecular flexibility index (Phi) is 3.65. The second-order valence-electron chi connectivity index (χ2n) is 4.28. The minimum absolute atomic E-state index is 0.148. The highest BCUT2D eigenvalue weighted by Gasteiger charge is 2.16. The van der Waals surface area contributed by atoms with E-state index in [0.717, 1.165) is 17.7 Å². The number of nitro benzene ring substituents is 1. The van der Waals surface area contributed by atoms with Gasteiger partial charge in [0.2, 0.25) is 0 Å². The fraction of sp³-hybridized carbons (Fsp3) is 0.0714. The highest BCUT2D eigenvalue weighted by atomic mass is 16.6. The van der Waals surface area contributed by atoms with Crippen molar-refractivity contribution in [3.8, 4) is 5.75 Å². The molecule has 0 saturated carbocycles. The first-order valence-electron chi connectivity index (χ1n) is 5.83. The van der Waals surface area contributed by atoms with Gasteiger partial charge in [0, 0.05) is 17.3 Å². The molecule has 2 N–H and O–H groups in total. The summed E-state index contributed by atoms with van der Waals surface area (Å²) >= 11 is 0. The Morgan fingerprint density at radius 3 is 2.60 bits per heavy atom. The molecule has 0 heterocycles. The third-order valence-electron chi connectivity index (χ3n) is 2.71. The summed E-state index contributed by atoms with van der Waals surface area (Å²) in [6, 6.07) is 10.7. The van der Waals surface area contributed by atoms with Crippen molar-refractivity contribution < 1.29 is 14.8 Å². The first kappa shape index (κ1) is 13.5. The number of phenols is 1. The van der Waals surface area contributed by atoms with E-state index in [2.05, 4.69) is 5.32 Å². The molecule has 0 aromatic heterocycles. The lowest BCUT2D eigenvalue weighted by Crippen LogP contribution is -2.11. The van der Waals surface area contributed by atoms with Crippen molar-refractivity contribution in [2.24, 2.45) is 0 Å². The quantitative estimate of drug-likeness (QED) is 0.663. The van der Waals surface area contributed by atoms with Crippen molar-refractivity contribution in [2.45, 2.75) is 6.92 Å². The van der Waals surface area contributed by atoms with Crippen molar-refractivity contribution in [3.63, 3.8) is 0 Å². The normalized spacial score (nSPS) is 10.1. The van der Waals surface area contributed by atoms with Gasteiger partial charge in [-0.2, -0.15) is 0 Å².